The molecule has 4 aromatic rings. The van der Waals surface area contributed by atoms with Gasteiger partial charge in [-0.2, -0.15) is 4.98 Å². The van der Waals surface area contributed by atoms with E-state index in [0.717, 1.165) is 24.2 Å². The zero-order valence-corrected chi connectivity index (χ0v) is 17.1. The van der Waals surface area contributed by atoms with Gasteiger partial charge in [-0.1, -0.05) is 49.4 Å². The van der Waals surface area contributed by atoms with E-state index in [1.807, 2.05) is 34.9 Å². The number of imidazole rings is 1. The van der Waals surface area contributed by atoms with Crippen LogP contribution in [0, 0.1) is 0 Å². The Balaban J connectivity index is 1.65. The summed E-state index contributed by atoms with van der Waals surface area (Å²) >= 11 is 0. The summed E-state index contributed by atoms with van der Waals surface area (Å²) < 4.78 is 4.71. The van der Waals surface area contributed by atoms with Crippen LogP contribution in [-0.2, 0) is 26.6 Å². The number of rotatable bonds is 4. The van der Waals surface area contributed by atoms with Crippen LogP contribution in [0.4, 0.5) is 11.6 Å². The fourth-order valence-corrected chi connectivity index (χ4v) is 4.14. The Hall–Kier alpha value is -3.61. The Bertz CT molecular complexity index is 1350. The second kappa shape index (κ2) is 7.02. The summed E-state index contributed by atoms with van der Waals surface area (Å²) in [5.74, 6) is 0.707. The van der Waals surface area contributed by atoms with Gasteiger partial charge in [0.15, 0.2) is 11.2 Å². The second-order valence-electron chi connectivity index (χ2n) is 7.63. The molecule has 0 bridgehead atoms. The fraction of sp³-hybridized carbons (Fsp3) is 0.261. The van der Waals surface area contributed by atoms with Gasteiger partial charge in [-0.25, -0.2) is 4.79 Å². The van der Waals surface area contributed by atoms with Crippen molar-refractivity contribution in [2.75, 3.05) is 11.4 Å². The van der Waals surface area contributed by atoms with E-state index in [1.165, 1.54) is 14.7 Å². The van der Waals surface area contributed by atoms with Crippen molar-refractivity contribution in [1.29, 1.82) is 0 Å². The number of hydrogen-bond donors (Lipinski definition) is 0. The van der Waals surface area contributed by atoms with Gasteiger partial charge in [0.2, 0.25) is 5.95 Å². The predicted molar refractivity (Wildman–Crippen MR) is 118 cm³/mol. The highest BCUT2D eigenvalue weighted by molar-refractivity contribution is 5.77. The first-order valence-corrected chi connectivity index (χ1v) is 10.2. The fourth-order valence-electron chi connectivity index (χ4n) is 4.14. The van der Waals surface area contributed by atoms with E-state index < -0.39 is 0 Å². The van der Waals surface area contributed by atoms with Gasteiger partial charge in [0, 0.05) is 25.8 Å². The topological polar surface area (TPSA) is 65.1 Å². The van der Waals surface area contributed by atoms with Crippen molar-refractivity contribution in [3.05, 3.63) is 86.6 Å². The molecule has 30 heavy (non-hydrogen) atoms. The van der Waals surface area contributed by atoms with Crippen molar-refractivity contribution in [3.63, 3.8) is 0 Å². The number of nitrogens with zero attached hydrogens (tertiary/aromatic N) is 5. The third-order valence-corrected chi connectivity index (χ3v) is 5.84. The molecule has 0 saturated carbocycles. The van der Waals surface area contributed by atoms with E-state index in [9.17, 15) is 9.59 Å². The van der Waals surface area contributed by atoms with Crippen LogP contribution < -0.4 is 16.1 Å². The molecule has 5 rings (SSSR count). The van der Waals surface area contributed by atoms with Gasteiger partial charge in [0.05, 0.1) is 6.54 Å². The average molecular weight is 401 g/mol. The first kappa shape index (κ1) is 18.4. The van der Waals surface area contributed by atoms with Crippen LogP contribution >= 0.6 is 0 Å². The molecule has 0 amide bonds. The lowest BCUT2D eigenvalue weighted by atomic mass is 10.1. The summed E-state index contributed by atoms with van der Waals surface area (Å²) in [5, 5.41) is 0. The van der Waals surface area contributed by atoms with Gasteiger partial charge < -0.3 is 9.47 Å². The van der Waals surface area contributed by atoms with E-state index in [1.54, 1.807) is 7.05 Å². The number of benzene rings is 2. The van der Waals surface area contributed by atoms with Crippen LogP contribution in [0.2, 0.25) is 0 Å². The Morgan fingerprint density at radius 3 is 2.37 bits per heavy atom. The number of anilines is 2. The Morgan fingerprint density at radius 2 is 1.67 bits per heavy atom. The molecule has 1 aliphatic rings. The SMILES string of the molecule is CCc1ccc(N2CCn3c2nc2c3c(=O)n(Cc3ccccc3)c(=O)n2C)cc1. The molecule has 2 aromatic carbocycles. The van der Waals surface area contributed by atoms with Gasteiger partial charge in [0.25, 0.3) is 5.56 Å². The van der Waals surface area contributed by atoms with Crippen LogP contribution in [-0.4, -0.2) is 25.2 Å². The Kier molecular flexibility index (Phi) is 4.31. The zero-order valence-electron chi connectivity index (χ0n) is 17.1. The van der Waals surface area contributed by atoms with Crippen molar-refractivity contribution in [1.82, 2.24) is 18.7 Å². The van der Waals surface area contributed by atoms with E-state index in [0.29, 0.717) is 23.7 Å². The molecule has 0 unspecified atom stereocenters. The first-order chi connectivity index (χ1) is 14.6. The summed E-state index contributed by atoms with van der Waals surface area (Å²) in [6, 6.07) is 18.0. The van der Waals surface area contributed by atoms with Gasteiger partial charge >= 0.3 is 5.69 Å². The summed E-state index contributed by atoms with van der Waals surface area (Å²) in [6.45, 7) is 3.77. The van der Waals surface area contributed by atoms with Gasteiger partial charge in [-0.15, -0.1) is 0 Å². The summed E-state index contributed by atoms with van der Waals surface area (Å²) in [6.07, 6.45) is 0.988. The molecular weight excluding hydrogens is 378 g/mol. The second-order valence-corrected chi connectivity index (χ2v) is 7.63. The van der Waals surface area contributed by atoms with E-state index in [-0.39, 0.29) is 17.8 Å². The monoisotopic (exact) mass is 401 g/mol. The number of fused-ring (bicyclic) bond motifs is 3. The van der Waals surface area contributed by atoms with E-state index >= 15 is 0 Å². The molecule has 0 atom stereocenters. The Morgan fingerprint density at radius 1 is 0.933 bits per heavy atom. The summed E-state index contributed by atoms with van der Waals surface area (Å²) in [5.41, 5.74) is 3.49. The highest BCUT2D eigenvalue weighted by Gasteiger charge is 2.28. The van der Waals surface area contributed by atoms with Crippen LogP contribution in [0.3, 0.4) is 0 Å². The minimum atomic E-state index is -0.355. The van der Waals surface area contributed by atoms with Crippen molar-refractivity contribution >= 4 is 22.8 Å². The quantitative estimate of drug-likeness (QED) is 0.527. The number of aryl methyl sites for hydroxylation is 2. The molecule has 0 aliphatic carbocycles. The maximum Gasteiger partial charge on any atom is 0.332 e. The highest BCUT2D eigenvalue weighted by Crippen LogP contribution is 2.31. The highest BCUT2D eigenvalue weighted by atomic mass is 16.2. The summed E-state index contributed by atoms with van der Waals surface area (Å²) in [4.78, 5) is 33.0. The standard InChI is InChI=1S/C23H23N5O2/c1-3-16-9-11-18(12-10-16)26-13-14-27-19-20(24-22(26)27)25(2)23(30)28(21(19)29)15-17-7-5-4-6-8-17/h4-12H,3,13-15H2,1-2H3. The summed E-state index contributed by atoms with van der Waals surface area (Å²) in [7, 11) is 1.68. The van der Waals surface area contributed by atoms with E-state index in [2.05, 4.69) is 36.1 Å². The molecule has 152 valence electrons. The molecule has 0 fully saturated rings. The van der Waals surface area contributed by atoms with Crippen LogP contribution in [0.25, 0.3) is 11.2 Å². The third-order valence-electron chi connectivity index (χ3n) is 5.84. The first-order valence-electron chi connectivity index (χ1n) is 10.2. The molecule has 0 spiro atoms. The number of hydrogen-bond acceptors (Lipinski definition) is 4. The van der Waals surface area contributed by atoms with Gasteiger partial charge in [-0.3, -0.25) is 13.9 Å². The maximum absolute atomic E-state index is 13.3. The molecule has 0 radical (unpaired) electrons. The molecular formula is C23H23N5O2. The van der Waals surface area contributed by atoms with Crippen molar-refractivity contribution in [2.24, 2.45) is 7.05 Å². The lowest BCUT2D eigenvalue weighted by Crippen LogP contribution is -2.40. The van der Waals surface area contributed by atoms with Crippen molar-refractivity contribution in [3.8, 4) is 0 Å². The van der Waals surface area contributed by atoms with Gasteiger partial charge in [-0.05, 0) is 29.7 Å². The lowest BCUT2D eigenvalue weighted by molar-refractivity contribution is 0.652. The normalized spacial score (nSPS) is 13.2. The van der Waals surface area contributed by atoms with E-state index in [4.69, 9.17) is 4.98 Å². The maximum atomic E-state index is 13.3. The number of aromatic nitrogens is 4. The predicted octanol–water partition coefficient (Wildman–Crippen LogP) is 2.66. The molecule has 7 nitrogen and oxygen atoms in total. The van der Waals surface area contributed by atoms with Crippen LogP contribution in [0.5, 0.6) is 0 Å². The van der Waals surface area contributed by atoms with Crippen LogP contribution in [0.15, 0.2) is 64.2 Å². The molecule has 3 heterocycles. The van der Waals surface area contributed by atoms with Gasteiger partial charge in [0.1, 0.15) is 0 Å². The minimum absolute atomic E-state index is 0.241. The molecule has 1 aliphatic heterocycles. The average Bonchev–Trinajstić information content (AvgIpc) is 3.35. The minimum Gasteiger partial charge on any atom is -0.310 e. The molecule has 0 N–H and O–H groups in total. The molecule has 2 aromatic heterocycles. The molecule has 7 heteroatoms. The zero-order chi connectivity index (χ0) is 20.8. The van der Waals surface area contributed by atoms with Crippen molar-refractivity contribution in [2.45, 2.75) is 26.4 Å². The third kappa shape index (κ3) is 2.77. The molecule has 0 saturated heterocycles. The van der Waals surface area contributed by atoms with Crippen LogP contribution in [0.1, 0.15) is 18.1 Å². The van der Waals surface area contributed by atoms with Crippen molar-refractivity contribution < 1.29 is 0 Å². The largest absolute Gasteiger partial charge is 0.332 e. The lowest BCUT2D eigenvalue weighted by Gasteiger charge is -2.16. The smallest absolute Gasteiger partial charge is 0.310 e. The Labute approximate surface area is 173 Å².